The predicted molar refractivity (Wildman–Crippen MR) is 124 cm³/mol. The van der Waals surface area contributed by atoms with Gasteiger partial charge in [0.2, 0.25) is 5.91 Å². The predicted octanol–water partition coefficient (Wildman–Crippen LogP) is 5.47. The summed E-state index contributed by atoms with van der Waals surface area (Å²) in [5.74, 6) is -0.229. The molecule has 0 bridgehead atoms. The molecule has 2 amide bonds. The first-order valence-corrected chi connectivity index (χ1v) is 11.0. The van der Waals surface area contributed by atoms with Crippen molar-refractivity contribution in [3.05, 3.63) is 62.5 Å². The maximum atomic E-state index is 13.0. The van der Waals surface area contributed by atoms with E-state index in [0.717, 1.165) is 10.0 Å². The van der Waals surface area contributed by atoms with Crippen molar-refractivity contribution >= 4 is 50.9 Å². The Morgan fingerprint density at radius 1 is 1.13 bits per heavy atom. The molecule has 0 unspecified atom stereocenters. The lowest BCUT2D eigenvalue weighted by Gasteiger charge is -2.31. The molecule has 2 aromatic carbocycles. The van der Waals surface area contributed by atoms with E-state index < -0.39 is 11.6 Å². The van der Waals surface area contributed by atoms with Crippen molar-refractivity contribution < 1.29 is 14.3 Å². The molecule has 0 aromatic heterocycles. The van der Waals surface area contributed by atoms with Crippen molar-refractivity contribution in [2.24, 2.45) is 0 Å². The largest absolute Gasteiger partial charge is 0.482 e. The summed E-state index contributed by atoms with van der Waals surface area (Å²) in [4.78, 5) is 27.2. The number of benzene rings is 2. The Bertz CT molecular complexity index is 915. The second-order valence-electron chi connectivity index (χ2n) is 7.89. The van der Waals surface area contributed by atoms with E-state index in [1.165, 1.54) is 4.90 Å². The van der Waals surface area contributed by atoms with Gasteiger partial charge in [-0.05, 0) is 57.5 Å². The summed E-state index contributed by atoms with van der Waals surface area (Å²) in [7, 11) is 0. The van der Waals surface area contributed by atoms with Gasteiger partial charge in [0.25, 0.3) is 5.91 Å². The minimum atomic E-state index is -0.725. The van der Waals surface area contributed by atoms with Crippen LogP contribution < -0.4 is 10.1 Å². The molecule has 0 aliphatic rings. The minimum Gasteiger partial charge on any atom is -0.482 e. The summed E-state index contributed by atoms with van der Waals surface area (Å²) < 4.78 is 6.43. The molecule has 0 fully saturated rings. The molecule has 1 atom stereocenters. The van der Waals surface area contributed by atoms with Crippen molar-refractivity contribution in [2.75, 3.05) is 6.61 Å². The molecular formula is C22H25BrCl2N2O3. The van der Waals surface area contributed by atoms with Crippen molar-refractivity contribution in [3.8, 4) is 5.75 Å². The summed E-state index contributed by atoms with van der Waals surface area (Å²) in [6, 6.07) is 11.6. The van der Waals surface area contributed by atoms with Gasteiger partial charge >= 0.3 is 0 Å². The Balaban J connectivity index is 2.21. The summed E-state index contributed by atoms with van der Waals surface area (Å²) >= 11 is 15.8. The molecule has 0 aliphatic heterocycles. The maximum absolute atomic E-state index is 13.0. The first-order chi connectivity index (χ1) is 14.0. The van der Waals surface area contributed by atoms with Crippen LogP contribution in [0.4, 0.5) is 0 Å². The molecule has 1 N–H and O–H groups in total. The highest BCUT2D eigenvalue weighted by atomic mass is 79.9. The number of hydrogen-bond acceptors (Lipinski definition) is 3. The number of halogens is 3. The van der Waals surface area contributed by atoms with Gasteiger partial charge in [-0.3, -0.25) is 9.59 Å². The van der Waals surface area contributed by atoms with E-state index in [2.05, 4.69) is 21.2 Å². The Morgan fingerprint density at radius 2 is 1.80 bits per heavy atom. The van der Waals surface area contributed by atoms with Crippen LogP contribution in [0.15, 0.2) is 46.9 Å². The third-order valence-corrected chi connectivity index (χ3v) is 5.37. The van der Waals surface area contributed by atoms with Crippen LogP contribution in [0, 0.1) is 0 Å². The zero-order chi connectivity index (χ0) is 22.5. The van der Waals surface area contributed by atoms with Crippen LogP contribution in [0.2, 0.25) is 10.0 Å². The average molecular weight is 516 g/mol. The Morgan fingerprint density at radius 3 is 2.40 bits per heavy atom. The van der Waals surface area contributed by atoms with Crippen molar-refractivity contribution in [2.45, 2.75) is 45.8 Å². The van der Waals surface area contributed by atoms with Gasteiger partial charge in [0.05, 0.1) is 5.02 Å². The van der Waals surface area contributed by atoms with Crippen LogP contribution in [-0.4, -0.2) is 34.9 Å². The molecule has 0 saturated heterocycles. The SMILES string of the molecule is C[C@H](C(=O)NC(C)(C)C)N(Cc1ccccc1Cl)C(=O)COc1ccc(Br)cc1Cl. The molecule has 0 aliphatic carbocycles. The fourth-order valence-electron chi connectivity index (χ4n) is 2.68. The van der Waals surface area contributed by atoms with Crippen molar-refractivity contribution in [1.29, 1.82) is 0 Å². The van der Waals surface area contributed by atoms with Crippen LogP contribution in [0.5, 0.6) is 5.75 Å². The quantitative estimate of drug-likeness (QED) is 0.532. The molecular weight excluding hydrogens is 491 g/mol. The number of hydrogen-bond donors (Lipinski definition) is 1. The second-order valence-corrected chi connectivity index (χ2v) is 9.62. The molecule has 30 heavy (non-hydrogen) atoms. The smallest absolute Gasteiger partial charge is 0.261 e. The average Bonchev–Trinajstić information content (AvgIpc) is 2.64. The topological polar surface area (TPSA) is 58.6 Å². The normalized spacial score (nSPS) is 12.2. The van der Waals surface area contributed by atoms with Crippen molar-refractivity contribution in [3.63, 3.8) is 0 Å². The van der Waals surface area contributed by atoms with E-state index in [1.807, 2.05) is 39.0 Å². The van der Waals surface area contributed by atoms with Crippen LogP contribution in [0.1, 0.15) is 33.3 Å². The Kier molecular flexibility index (Phi) is 8.59. The fraction of sp³-hybridized carbons (Fsp3) is 0.364. The number of rotatable bonds is 7. The summed E-state index contributed by atoms with van der Waals surface area (Å²) in [6.07, 6.45) is 0. The number of amides is 2. The standard InChI is InChI=1S/C22H25BrCl2N2O3/c1-14(21(29)26-22(2,3)4)27(12-15-7-5-6-8-17(15)24)20(28)13-30-19-10-9-16(23)11-18(19)25/h5-11,14H,12-13H2,1-4H3,(H,26,29)/t14-/m1/s1. The molecule has 162 valence electrons. The fourth-order valence-corrected chi connectivity index (χ4v) is 3.60. The van der Waals surface area contributed by atoms with Gasteiger partial charge in [0.15, 0.2) is 6.61 Å². The highest BCUT2D eigenvalue weighted by Gasteiger charge is 2.29. The van der Waals surface area contributed by atoms with E-state index in [1.54, 1.807) is 31.2 Å². The molecule has 0 heterocycles. The number of nitrogens with one attached hydrogen (secondary N) is 1. The number of nitrogens with zero attached hydrogens (tertiary/aromatic N) is 1. The molecule has 5 nitrogen and oxygen atoms in total. The van der Waals surface area contributed by atoms with Gasteiger partial charge < -0.3 is 15.0 Å². The minimum absolute atomic E-state index is 0.175. The van der Waals surface area contributed by atoms with E-state index in [0.29, 0.717) is 15.8 Å². The van der Waals surface area contributed by atoms with Gasteiger partial charge in [-0.2, -0.15) is 0 Å². The molecule has 0 spiro atoms. The first kappa shape index (κ1) is 24.5. The van der Waals surface area contributed by atoms with Gasteiger partial charge in [-0.25, -0.2) is 0 Å². The molecule has 8 heteroatoms. The van der Waals surface area contributed by atoms with E-state index in [-0.39, 0.29) is 25.0 Å². The molecule has 2 aromatic rings. The lowest BCUT2D eigenvalue weighted by atomic mass is 10.1. The molecule has 2 rings (SSSR count). The number of carbonyl (C=O) groups excluding carboxylic acids is 2. The monoisotopic (exact) mass is 514 g/mol. The third-order valence-electron chi connectivity index (χ3n) is 4.21. The second kappa shape index (κ2) is 10.5. The zero-order valence-electron chi connectivity index (χ0n) is 17.3. The summed E-state index contributed by atoms with van der Waals surface area (Å²) in [6.45, 7) is 7.25. The van der Waals surface area contributed by atoms with E-state index >= 15 is 0 Å². The lowest BCUT2D eigenvalue weighted by molar-refractivity contribution is -0.142. The lowest BCUT2D eigenvalue weighted by Crippen LogP contribution is -2.53. The van der Waals surface area contributed by atoms with Crippen molar-refractivity contribution in [1.82, 2.24) is 10.2 Å². The summed E-state index contributed by atoms with van der Waals surface area (Å²) in [5.41, 5.74) is 0.316. The van der Waals surface area contributed by atoms with Crippen LogP contribution >= 0.6 is 39.1 Å². The van der Waals surface area contributed by atoms with Gasteiger partial charge in [0, 0.05) is 21.6 Å². The van der Waals surface area contributed by atoms with Gasteiger partial charge in [-0.1, -0.05) is 57.3 Å². The van der Waals surface area contributed by atoms with Crippen LogP contribution in [0.3, 0.4) is 0 Å². The molecule has 0 radical (unpaired) electrons. The van der Waals surface area contributed by atoms with E-state index in [4.69, 9.17) is 27.9 Å². The molecule has 0 saturated carbocycles. The third kappa shape index (κ3) is 7.18. The number of carbonyl (C=O) groups is 2. The van der Waals surface area contributed by atoms with Crippen LogP contribution in [0.25, 0.3) is 0 Å². The van der Waals surface area contributed by atoms with E-state index in [9.17, 15) is 9.59 Å². The first-order valence-electron chi connectivity index (χ1n) is 9.40. The Hall–Kier alpha value is -1.76. The van der Waals surface area contributed by atoms with Gasteiger partial charge in [-0.15, -0.1) is 0 Å². The highest BCUT2D eigenvalue weighted by molar-refractivity contribution is 9.10. The maximum Gasteiger partial charge on any atom is 0.261 e. The number of ether oxygens (including phenoxy) is 1. The van der Waals surface area contributed by atoms with Gasteiger partial charge in [0.1, 0.15) is 11.8 Å². The van der Waals surface area contributed by atoms with Crippen LogP contribution in [-0.2, 0) is 16.1 Å². The Labute approximate surface area is 195 Å². The summed E-state index contributed by atoms with van der Waals surface area (Å²) in [5, 5.41) is 3.82. The zero-order valence-corrected chi connectivity index (χ0v) is 20.4. The highest BCUT2D eigenvalue weighted by Crippen LogP contribution is 2.28.